The first-order valence-corrected chi connectivity index (χ1v) is 7.80. The van der Waals surface area contributed by atoms with Crippen LogP contribution < -0.4 is 9.47 Å². The third-order valence-corrected chi connectivity index (χ3v) is 4.93. The Morgan fingerprint density at radius 3 is 2.36 bits per heavy atom. The molecule has 0 aliphatic carbocycles. The zero-order valence-electron chi connectivity index (χ0n) is 12.4. The van der Waals surface area contributed by atoms with E-state index in [0.717, 1.165) is 27.6 Å². The van der Waals surface area contributed by atoms with E-state index >= 15 is 0 Å². The molecule has 0 saturated carbocycles. The van der Waals surface area contributed by atoms with Crippen LogP contribution in [0.3, 0.4) is 0 Å². The summed E-state index contributed by atoms with van der Waals surface area (Å²) in [5, 5.41) is 10.3. The first-order chi connectivity index (χ1) is 10.7. The van der Waals surface area contributed by atoms with E-state index in [-0.39, 0.29) is 5.25 Å². The van der Waals surface area contributed by atoms with Crippen LogP contribution in [0.15, 0.2) is 52.4 Å². The maximum absolute atomic E-state index is 10.4. The molecule has 1 N–H and O–H groups in total. The van der Waals surface area contributed by atoms with Gasteiger partial charge in [0.25, 0.3) is 0 Å². The topological polar surface area (TPSA) is 51.0 Å². The Hall–Kier alpha value is -1.98. The number of aliphatic hydroxyl groups is 1. The quantitative estimate of drug-likeness (QED) is 0.940. The minimum Gasteiger partial charge on any atom is -0.497 e. The van der Waals surface area contributed by atoms with E-state index in [1.165, 1.54) is 0 Å². The van der Waals surface area contributed by atoms with Crippen molar-refractivity contribution in [2.24, 2.45) is 4.99 Å². The number of hydrogen-bond donors (Lipinski definition) is 1. The average Bonchev–Trinajstić information content (AvgIpc) is 2.73. The second-order valence-electron chi connectivity index (χ2n) is 4.91. The Bertz CT molecular complexity index is 685. The zero-order valence-corrected chi connectivity index (χ0v) is 13.2. The highest BCUT2D eigenvalue weighted by atomic mass is 32.2. The van der Waals surface area contributed by atoms with Gasteiger partial charge in [-0.25, -0.2) is 0 Å². The normalized spacial score (nSPS) is 20.1. The molecule has 0 radical (unpaired) electrons. The highest BCUT2D eigenvalue weighted by molar-refractivity contribution is 7.99. The molecule has 2 atom stereocenters. The number of ether oxygens (including phenoxy) is 2. The largest absolute Gasteiger partial charge is 0.497 e. The molecule has 1 heterocycles. The van der Waals surface area contributed by atoms with Gasteiger partial charge in [0.2, 0.25) is 0 Å². The summed E-state index contributed by atoms with van der Waals surface area (Å²) in [4.78, 5) is 5.37. The monoisotopic (exact) mass is 315 g/mol. The van der Waals surface area contributed by atoms with E-state index in [1.54, 1.807) is 32.2 Å². The fraction of sp³-hybridized carbons (Fsp3) is 0.235. The van der Waals surface area contributed by atoms with Crippen molar-refractivity contribution in [1.29, 1.82) is 0 Å². The summed E-state index contributed by atoms with van der Waals surface area (Å²) in [5.74, 6) is 1.58. The molecule has 5 heteroatoms. The molecule has 0 unspecified atom stereocenters. The molecule has 0 saturated heterocycles. The van der Waals surface area contributed by atoms with Crippen molar-refractivity contribution >= 4 is 23.7 Å². The zero-order chi connectivity index (χ0) is 15.5. The number of aliphatic imine (C=N–C) groups is 1. The molecule has 22 heavy (non-hydrogen) atoms. The molecular weight excluding hydrogens is 298 g/mol. The summed E-state index contributed by atoms with van der Waals surface area (Å²) >= 11 is 1.59. The number of thioether (sulfide) groups is 1. The molecule has 0 spiro atoms. The van der Waals surface area contributed by atoms with Crippen LogP contribution in [-0.2, 0) is 0 Å². The van der Waals surface area contributed by atoms with Gasteiger partial charge in [0.15, 0.2) is 0 Å². The molecule has 0 bridgehead atoms. The molecule has 2 aromatic carbocycles. The van der Waals surface area contributed by atoms with Gasteiger partial charge in [-0.2, -0.15) is 0 Å². The van der Waals surface area contributed by atoms with E-state index in [9.17, 15) is 5.11 Å². The molecular formula is C17H17NO3S. The van der Waals surface area contributed by atoms with Crippen LogP contribution in [0.2, 0.25) is 0 Å². The number of rotatable bonds is 3. The number of aliphatic hydroxyl groups excluding tert-OH is 1. The van der Waals surface area contributed by atoms with Crippen molar-refractivity contribution in [2.45, 2.75) is 16.2 Å². The molecule has 114 valence electrons. The maximum Gasteiger partial charge on any atom is 0.120 e. The third-order valence-electron chi connectivity index (χ3n) is 3.54. The number of nitrogens with zero attached hydrogens (tertiary/aromatic N) is 1. The van der Waals surface area contributed by atoms with Crippen molar-refractivity contribution in [1.82, 2.24) is 0 Å². The van der Waals surface area contributed by atoms with Gasteiger partial charge in [0.1, 0.15) is 17.6 Å². The van der Waals surface area contributed by atoms with Crippen LogP contribution in [0.4, 0.5) is 5.69 Å². The van der Waals surface area contributed by atoms with Crippen molar-refractivity contribution in [2.75, 3.05) is 14.2 Å². The number of hydrogen-bond acceptors (Lipinski definition) is 5. The number of fused-ring (bicyclic) bond motifs is 1. The van der Waals surface area contributed by atoms with Gasteiger partial charge in [0, 0.05) is 11.1 Å². The summed E-state index contributed by atoms with van der Waals surface area (Å²) in [7, 11) is 3.28. The molecule has 2 aromatic rings. The standard InChI is InChI=1S/C17H17NO3S/c1-20-12-5-3-11(4-6-12)17-15(19)10-18-14-8-7-13(21-2)9-16(14)22-17/h3-10,15,17,19H,1-2H3/t15-,17-/m0/s1. The molecule has 3 rings (SSSR count). The molecule has 4 nitrogen and oxygen atoms in total. The second kappa shape index (κ2) is 6.42. The third kappa shape index (κ3) is 2.96. The van der Waals surface area contributed by atoms with Crippen molar-refractivity contribution < 1.29 is 14.6 Å². The van der Waals surface area contributed by atoms with Crippen LogP contribution in [0.5, 0.6) is 11.5 Å². The summed E-state index contributed by atoms with van der Waals surface area (Å²) in [5.41, 5.74) is 1.88. The molecule has 0 aromatic heterocycles. The Kier molecular flexibility index (Phi) is 4.36. The second-order valence-corrected chi connectivity index (χ2v) is 6.10. The Labute approximate surface area is 133 Å². The van der Waals surface area contributed by atoms with Gasteiger partial charge < -0.3 is 14.6 Å². The van der Waals surface area contributed by atoms with E-state index in [1.807, 2.05) is 42.5 Å². The predicted octanol–water partition coefficient (Wildman–Crippen LogP) is 3.61. The van der Waals surface area contributed by atoms with Gasteiger partial charge in [-0.3, -0.25) is 4.99 Å². The van der Waals surface area contributed by atoms with Gasteiger partial charge >= 0.3 is 0 Å². The Balaban J connectivity index is 1.95. The minimum atomic E-state index is -0.656. The maximum atomic E-state index is 10.4. The molecule has 0 fully saturated rings. The van der Waals surface area contributed by atoms with Crippen LogP contribution in [-0.4, -0.2) is 31.6 Å². The predicted molar refractivity (Wildman–Crippen MR) is 88.7 cm³/mol. The number of methoxy groups -OCH3 is 2. The van der Waals surface area contributed by atoms with Gasteiger partial charge in [-0.15, -0.1) is 11.8 Å². The van der Waals surface area contributed by atoms with Gasteiger partial charge in [0.05, 0.1) is 25.2 Å². The summed E-state index contributed by atoms with van der Waals surface area (Å²) in [6.45, 7) is 0. The lowest BCUT2D eigenvalue weighted by atomic mass is 10.1. The van der Waals surface area contributed by atoms with Crippen LogP contribution in [0.25, 0.3) is 0 Å². The molecule has 1 aliphatic rings. The summed E-state index contributed by atoms with van der Waals surface area (Å²) in [6, 6.07) is 13.5. The lowest BCUT2D eigenvalue weighted by molar-refractivity contribution is 0.244. The molecule has 0 amide bonds. The first-order valence-electron chi connectivity index (χ1n) is 6.92. The SMILES string of the molecule is COc1ccc([C@@H]2Sc3cc(OC)ccc3N=C[C@@H]2O)cc1. The highest BCUT2D eigenvalue weighted by Crippen LogP contribution is 2.45. The smallest absolute Gasteiger partial charge is 0.120 e. The van der Waals surface area contributed by atoms with E-state index in [4.69, 9.17) is 9.47 Å². The van der Waals surface area contributed by atoms with Crippen molar-refractivity contribution in [3.63, 3.8) is 0 Å². The fourth-order valence-corrected chi connectivity index (χ4v) is 3.52. The van der Waals surface area contributed by atoms with E-state index in [2.05, 4.69) is 4.99 Å². The van der Waals surface area contributed by atoms with Crippen LogP contribution >= 0.6 is 11.8 Å². The van der Waals surface area contributed by atoms with Crippen LogP contribution in [0, 0.1) is 0 Å². The van der Waals surface area contributed by atoms with E-state index < -0.39 is 6.10 Å². The van der Waals surface area contributed by atoms with Crippen molar-refractivity contribution in [3.8, 4) is 11.5 Å². The summed E-state index contributed by atoms with van der Waals surface area (Å²) in [6.07, 6.45) is 0.942. The molecule has 1 aliphatic heterocycles. The number of benzene rings is 2. The minimum absolute atomic E-state index is 0.122. The summed E-state index contributed by atoms with van der Waals surface area (Å²) < 4.78 is 10.5. The van der Waals surface area contributed by atoms with Crippen LogP contribution in [0.1, 0.15) is 10.8 Å². The Morgan fingerprint density at radius 1 is 1.00 bits per heavy atom. The van der Waals surface area contributed by atoms with Gasteiger partial charge in [-0.1, -0.05) is 12.1 Å². The lowest BCUT2D eigenvalue weighted by Crippen LogP contribution is -2.16. The fourth-order valence-electron chi connectivity index (χ4n) is 2.32. The lowest BCUT2D eigenvalue weighted by Gasteiger charge is -2.19. The average molecular weight is 315 g/mol. The van der Waals surface area contributed by atoms with Gasteiger partial charge in [-0.05, 0) is 35.9 Å². The highest BCUT2D eigenvalue weighted by Gasteiger charge is 2.25. The first kappa shape index (κ1) is 14.9. The van der Waals surface area contributed by atoms with E-state index in [0.29, 0.717) is 0 Å². The van der Waals surface area contributed by atoms with Crippen molar-refractivity contribution in [3.05, 3.63) is 48.0 Å². The Morgan fingerprint density at radius 2 is 1.68 bits per heavy atom.